The van der Waals surface area contributed by atoms with Crippen LogP contribution in [0.1, 0.15) is 22.6 Å². The second-order valence-corrected chi connectivity index (χ2v) is 7.34. The number of alkyl carbamates (subject to hydrolysis) is 1. The van der Waals surface area contributed by atoms with E-state index in [4.69, 9.17) is 14.2 Å². The van der Waals surface area contributed by atoms with E-state index in [2.05, 4.69) is 29.6 Å². The van der Waals surface area contributed by atoms with Gasteiger partial charge in [-0.25, -0.2) is 9.18 Å². The van der Waals surface area contributed by atoms with Crippen LogP contribution in [-0.4, -0.2) is 33.5 Å². The van der Waals surface area contributed by atoms with E-state index in [0.29, 0.717) is 17.1 Å². The Hall–Kier alpha value is -3.80. The molecule has 0 bridgehead atoms. The van der Waals surface area contributed by atoms with E-state index in [1.54, 1.807) is 12.2 Å². The van der Waals surface area contributed by atoms with E-state index in [1.165, 1.54) is 37.5 Å². The van der Waals surface area contributed by atoms with Gasteiger partial charge in [0.25, 0.3) is 0 Å². The zero-order valence-corrected chi connectivity index (χ0v) is 17.9. The lowest BCUT2D eigenvalue weighted by Gasteiger charge is -2.14. The summed E-state index contributed by atoms with van der Waals surface area (Å²) in [5.41, 5.74) is 5.00. The molecule has 4 rings (SSSR count). The highest BCUT2D eigenvalue weighted by atomic mass is 19.1. The van der Waals surface area contributed by atoms with Crippen molar-refractivity contribution in [3.63, 3.8) is 0 Å². The highest BCUT2D eigenvalue weighted by molar-refractivity contribution is 5.79. The van der Waals surface area contributed by atoms with E-state index >= 15 is 0 Å². The molecule has 1 amide bonds. The van der Waals surface area contributed by atoms with E-state index in [1.807, 2.05) is 24.3 Å². The minimum absolute atomic E-state index is 0.00421. The molecule has 1 aliphatic rings. The Kier molecular flexibility index (Phi) is 6.40. The maximum Gasteiger partial charge on any atom is 0.407 e. The van der Waals surface area contributed by atoms with Crippen molar-refractivity contribution in [2.24, 2.45) is 0 Å². The number of hydrogen-bond donors (Lipinski definition) is 1. The smallest absolute Gasteiger partial charge is 0.407 e. The second kappa shape index (κ2) is 9.56. The van der Waals surface area contributed by atoms with Crippen molar-refractivity contribution < 1.29 is 23.4 Å². The van der Waals surface area contributed by atoms with Crippen molar-refractivity contribution in [2.75, 3.05) is 27.4 Å². The van der Waals surface area contributed by atoms with Gasteiger partial charge in [0, 0.05) is 24.1 Å². The van der Waals surface area contributed by atoms with Crippen molar-refractivity contribution in [3.05, 3.63) is 89.2 Å². The van der Waals surface area contributed by atoms with E-state index in [-0.39, 0.29) is 19.1 Å². The summed E-state index contributed by atoms with van der Waals surface area (Å²) in [4.78, 5) is 12.2. The number of amides is 1. The molecule has 0 spiro atoms. The van der Waals surface area contributed by atoms with Crippen molar-refractivity contribution in [2.45, 2.75) is 5.92 Å². The molecule has 0 aromatic heterocycles. The Labute approximate surface area is 186 Å². The summed E-state index contributed by atoms with van der Waals surface area (Å²) in [7, 11) is 2.94. The first-order chi connectivity index (χ1) is 15.6. The largest absolute Gasteiger partial charge is 0.493 e. The van der Waals surface area contributed by atoms with Gasteiger partial charge in [-0.1, -0.05) is 60.7 Å². The summed E-state index contributed by atoms with van der Waals surface area (Å²) in [6, 6.07) is 19.1. The van der Waals surface area contributed by atoms with Crippen LogP contribution >= 0.6 is 0 Å². The molecule has 1 aliphatic carbocycles. The number of carbonyl (C=O) groups is 1. The SMILES string of the molecule is COc1cc(F)c(C=CCNC(=O)OCC2c3ccccc3-c3ccccc32)cc1OC. The number of rotatable bonds is 7. The third kappa shape index (κ3) is 4.30. The molecule has 0 fully saturated rings. The van der Waals surface area contributed by atoms with Crippen LogP contribution < -0.4 is 14.8 Å². The van der Waals surface area contributed by atoms with Gasteiger partial charge in [0.2, 0.25) is 0 Å². The Bertz CT molecular complexity index is 1110. The maximum atomic E-state index is 14.2. The van der Waals surface area contributed by atoms with Gasteiger partial charge in [-0.3, -0.25) is 0 Å². The van der Waals surface area contributed by atoms with Gasteiger partial charge in [0.1, 0.15) is 12.4 Å². The van der Waals surface area contributed by atoms with Crippen molar-refractivity contribution in [3.8, 4) is 22.6 Å². The van der Waals surface area contributed by atoms with Crippen LogP contribution in [0.25, 0.3) is 17.2 Å². The van der Waals surface area contributed by atoms with E-state index in [0.717, 1.165) is 11.1 Å². The average molecular weight is 433 g/mol. The van der Waals surface area contributed by atoms with Gasteiger partial charge in [-0.2, -0.15) is 0 Å². The molecule has 0 atom stereocenters. The number of benzene rings is 3. The van der Waals surface area contributed by atoms with Crippen molar-refractivity contribution in [1.82, 2.24) is 5.32 Å². The summed E-state index contributed by atoms with van der Waals surface area (Å²) in [5.74, 6) is 0.307. The highest BCUT2D eigenvalue weighted by Gasteiger charge is 2.28. The number of halogens is 1. The van der Waals surface area contributed by atoms with Crippen LogP contribution in [0.15, 0.2) is 66.7 Å². The topological polar surface area (TPSA) is 56.8 Å². The van der Waals surface area contributed by atoms with Gasteiger partial charge in [-0.15, -0.1) is 0 Å². The molecular weight excluding hydrogens is 409 g/mol. The molecule has 3 aromatic carbocycles. The molecule has 0 radical (unpaired) electrons. The summed E-state index contributed by atoms with van der Waals surface area (Å²) in [5, 5.41) is 2.67. The lowest BCUT2D eigenvalue weighted by molar-refractivity contribution is 0.144. The molecule has 0 saturated carbocycles. The number of carbonyl (C=O) groups excluding carboxylic acids is 1. The third-order valence-electron chi connectivity index (χ3n) is 5.51. The first kappa shape index (κ1) is 21.4. The van der Waals surface area contributed by atoms with Crippen LogP contribution in [0.4, 0.5) is 9.18 Å². The molecule has 6 heteroatoms. The molecule has 32 heavy (non-hydrogen) atoms. The minimum Gasteiger partial charge on any atom is -0.493 e. The molecule has 0 heterocycles. The van der Waals surface area contributed by atoms with Gasteiger partial charge in [0.15, 0.2) is 11.5 Å². The summed E-state index contributed by atoms with van der Waals surface area (Å²) < 4.78 is 29.9. The second-order valence-electron chi connectivity index (χ2n) is 7.34. The monoisotopic (exact) mass is 433 g/mol. The van der Waals surface area contributed by atoms with Gasteiger partial charge in [0.05, 0.1) is 14.2 Å². The van der Waals surface area contributed by atoms with Gasteiger partial charge < -0.3 is 19.5 Å². The zero-order valence-electron chi connectivity index (χ0n) is 17.9. The van der Waals surface area contributed by atoms with Gasteiger partial charge >= 0.3 is 6.09 Å². The van der Waals surface area contributed by atoms with Crippen LogP contribution in [0, 0.1) is 5.82 Å². The lowest BCUT2D eigenvalue weighted by Crippen LogP contribution is -2.26. The molecule has 0 aliphatic heterocycles. The molecule has 3 aromatic rings. The summed E-state index contributed by atoms with van der Waals surface area (Å²) in [6.07, 6.45) is 2.69. The number of ether oxygens (including phenoxy) is 3. The molecule has 0 saturated heterocycles. The van der Waals surface area contributed by atoms with Crippen LogP contribution in [0.3, 0.4) is 0 Å². The molecular formula is C26H24FNO4. The van der Waals surface area contributed by atoms with Crippen molar-refractivity contribution in [1.29, 1.82) is 0 Å². The normalized spacial score (nSPS) is 12.3. The molecule has 164 valence electrons. The Morgan fingerprint density at radius 2 is 1.56 bits per heavy atom. The fourth-order valence-electron chi connectivity index (χ4n) is 3.98. The lowest BCUT2D eigenvalue weighted by atomic mass is 9.98. The minimum atomic E-state index is -0.524. The quantitative estimate of drug-likeness (QED) is 0.542. The Morgan fingerprint density at radius 3 is 2.19 bits per heavy atom. The maximum absolute atomic E-state index is 14.2. The predicted octanol–water partition coefficient (Wildman–Crippen LogP) is 5.39. The molecule has 0 unspecified atom stereocenters. The fraction of sp³-hybridized carbons (Fsp3) is 0.192. The average Bonchev–Trinajstić information content (AvgIpc) is 3.14. The number of hydrogen-bond acceptors (Lipinski definition) is 4. The van der Waals surface area contributed by atoms with Gasteiger partial charge in [-0.05, 0) is 28.3 Å². The molecule has 1 N–H and O–H groups in total. The van der Waals surface area contributed by atoms with E-state index < -0.39 is 11.9 Å². The summed E-state index contributed by atoms with van der Waals surface area (Å²) >= 11 is 0. The standard InChI is InChI=1S/C26H24FNO4/c1-30-24-14-17(23(27)15-25(24)31-2)8-7-13-28-26(29)32-16-22-20-11-5-3-9-18(20)19-10-4-6-12-21(19)22/h3-12,14-15,22H,13,16H2,1-2H3,(H,28,29). The van der Waals surface area contributed by atoms with E-state index in [9.17, 15) is 9.18 Å². The Morgan fingerprint density at radius 1 is 0.969 bits per heavy atom. The highest BCUT2D eigenvalue weighted by Crippen LogP contribution is 2.44. The first-order valence-electron chi connectivity index (χ1n) is 10.3. The number of nitrogens with one attached hydrogen (secondary N) is 1. The number of methoxy groups -OCH3 is 2. The van der Waals surface area contributed by atoms with Crippen LogP contribution in [-0.2, 0) is 4.74 Å². The number of fused-ring (bicyclic) bond motifs is 3. The predicted molar refractivity (Wildman–Crippen MR) is 122 cm³/mol. The third-order valence-corrected chi connectivity index (χ3v) is 5.51. The zero-order chi connectivity index (χ0) is 22.5. The summed E-state index contributed by atoms with van der Waals surface area (Å²) in [6.45, 7) is 0.443. The first-order valence-corrected chi connectivity index (χ1v) is 10.3. The fourth-order valence-corrected chi connectivity index (χ4v) is 3.98. The van der Waals surface area contributed by atoms with Crippen LogP contribution in [0.2, 0.25) is 0 Å². The molecule has 5 nitrogen and oxygen atoms in total. The van der Waals surface area contributed by atoms with Crippen LogP contribution in [0.5, 0.6) is 11.5 Å². The van der Waals surface area contributed by atoms with Crippen molar-refractivity contribution >= 4 is 12.2 Å². The Balaban J connectivity index is 1.34.